The molecule has 0 aliphatic heterocycles. The van der Waals surface area contributed by atoms with Crippen molar-refractivity contribution in [1.82, 2.24) is 4.98 Å². The molecule has 13 heavy (non-hydrogen) atoms. The number of hydrogen-bond acceptors (Lipinski definition) is 2. The molecule has 0 aliphatic carbocycles. The first-order valence-corrected chi connectivity index (χ1v) is 6.94. The van der Waals surface area contributed by atoms with Crippen molar-refractivity contribution in [2.75, 3.05) is 0 Å². The maximum atomic E-state index is 8.63. The Morgan fingerprint density at radius 2 is 1.38 bits per heavy atom. The normalized spacial score (nSPS) is 9.23. The second kappa shape index (κ2) is 4.51. The van der Waals surface area contributed by atoms with Crippen molar-refractivity contribution in [3.05, 3.63) is 11.4 Å². The summed E-state index contributed by atoms with van der Waals surface area (Å²) in [5, 5.41) is 17.3. The Bertz CT molecular complexity index is 358. The van der Waals surface area contributed by atoms with Crippen LogP contribution in [0, 0.1) is 34.3 Å². The topological polar surface area (TPSA) is 63.4 Å². The third kappa shape index (κ3) is 2.15. The first kappa shape index (κ1) is 10.4. The molecule has 0 aromatic carbocycles. The molecule has 0 fully saturated rings. The van der Waals surface area contributed by atoms with Crippen molar-refractivity contribution >= 4 is 38.8 Å². The Labute approximate surface area is 89.4 Å². The van der Waals surface area contributed by atoms with Gasteiger partial charge in [-0.05, 0) is 0 Å². The van der Waals surface area contributed by atoms with Gasteiger partial charge in [0.2, 0.25) is 0 Å². The predicted molar refractivity (Wildman–Crippen MR) is 52.3 cm³/mol. The molecule has 0 radical (unpaired) electrons. The first-order valence-electron chi connectivity index (χ1n) is 3.51. The minimum atomic E-state index is -0.150. The number of nitriles is 2. The molecule has 1 N–H and O–H groups in total. The van der Waals surface area contributed by atoms with Crippen LogP contribution in [0.25, 0.3) is 0 Å². The van der Waals surface area contributed by atoms with E-state index in [9.17, 15) is 0 Å². The zero-order valence-electron chi connectivity index (χ0n) is 7.21. The van der Waals surface area contributed by atoms with Crippen LogP contribution in [-0.4, -0.2) is 34.9 Å². The third-order valence-electron chi connectivity index (χ3n) is 1.56. The number of rotatable bonds is 2. The Morgan fingerprint density at radius 1 is 1.00 bits per heavy atom. The van der Waals surface area contributed by atoms with E-state index in [1.54, 1.807) is 0 Å². The standard InChI is InChI=1S/C8H7N3Se2/c1-5-7(12-3-9)8(13-4-10)6(2)11-5/h11H,1-2H3. The van der Waals surface area contributed by atoms with Crippen molar-refractivity contribution < 1.29 is 0 Å². The van der Waals surface area contributed by atoms with Crippen LogP contribution in [0.1, 0.15) is 11.4 Å². The summed E-state index contributed by atoms with van der Waals surface area (Å²) >= 11 is -0.300. The number of aromatic nitrogens is 1. The predicted octanol–water partition coefficient (Wildman–Crippen LogP) is -0.747. The molecule has 0 saturated heterocycles. The Balaban J connectivity index is 3.16. The van der Waals surface area contributed by atoms with Crippen LogP contribution in [0.2, 0.25) is 0 Å². The second-order valence-corrected chi connectivity index (χ2v) is 5.76. The number of aromatic amines is 1. The summed E-state index contributed by atoms with van der Waals surface area (Å²) in [7, 11) is 0. The molecule has 0 atom stereocenters. The molecule has 0 saturated carbocycles. The van der Waals surface area contributed by atoms with Crippen LogP contribution < -0.4 is 8.92 Å². The zero-order valence-corrected chi connectivity index (χ0v) is 10.6. The SMILES string of the molecule is Cc1[nH]c(C)c([Se]C#N)c1[Se]C#N. The van der Waals surface area contributed by atoms with Gasteiger partial charge in [0, 0.05) is 0 Å². The molecule has 1 rings (SSSR count). The van der Waals surface area contributed by atoms with E-state index in [2.05, 4.69) is 14.9 Å². The number of H-pyrrole nitrogens is 1. The van der Waals surface area contributed by atoms with E-state index >= 15 is 0 Å². The molecule has 0 spiro atoms. The van der Waals surface area contributed by atoms with E-state index in [1.165, 1.54) is 0 Å². The Hall–Kier alpha value is -0.701. The van der Waals surface area contributed by atoms with E-state index < -0.39 is 0 Å². The van der Waals surface area contributed by atoms with Crippen molar-refractivity contribution in [3.63, 3.8) is 0 Å². The van der Waals surface area contributed by atoms with Gasteiger partial charge in [-0.1, -0.05) is 0 Å². The second-order valence-electron chi connectivity index (χ2n) is 2.42. The van der Waals surface area contributed by atoms with Gasteiger partial charge in [-0.2, -0.15) is 0 Å². The quantitative estimate of drug-likeness (QED) is 0.731. The van der Waals surface area contributed by atoms with Gasteiger partial charge in [-0.15, -0.1) is 0 Å². The summed E-state index contributed by atoms with van der Waals surface area (Å²) < 4.78 is 2.16. The van der Waals surface area contributed by atoms with Crippen molar-refractivity contribution in [3.8, 4) is 9.94 Å². The van der Waals surface area contributed by atoms with Crippen molar-refractivity contribution in [1.29, 1.82) is 10.5 Å². The minimum absolute atomic E-state index is 0.150. The van der Waals surface area contributed by atoms with Crippen LogP contribution in [0.4, 0.5) is 0 Å². The number of nitrogens with zero attached hydrogens (tertiary/aromatic N) is 2. The van der Waals surface area contributed by atoms with Gasteiger partial charge in [-0.3, -0.25) is 0 Å². The maximum absolute atomic E-state index is 8.63. The molecule has 3 nitrogen and oxygen atoms in total. The molecule has 1 aromatic heterocycles. The Kier molecular flexibility index (Phi) is 3.60. The molecule has 0 bridgehead atoms. The Morgan fingerprint density at radius 3 is 1.69 bits per heavy atom. The van der Waals surface area contributed by atoms with E-state index in [-0.39, 0.29) is 29.9 Å². The monoisotopic (exact) mass is 305 g/mol. The van der Waals surface area contributed by atoms with Crippen LogP contribution in [-0.2, 0) is 0 Å². The van der Waals surface area contributed by atoms with Gasteiger partial charge in [0.05, 0.1) is 0 Å². The number of aryl methyl sites for hydroxylation is 2. The van der Waals surface area contributed by atoms with Gasteiger partial charge in [0.25, 0.3) is 0 Å². The number of hydrogen-bond donors (Lipinski definition) is 1. The summed E-state index contributed by atoms with van der Waals surface area (Å²) in [6.07, 6.45) is 0. The van der Waals surface area contributed by atoms with E-state index in [4.69, 9.17) is 10.5 Å². The van der Waals surface area contributed by atoms with Gasteiger partial charge in [0.1, 0.15) is 0 Å². The summed E-state index contributed by atoms with van der Waals surface area (Å²) in [4.78, 5) is 7.53. The van der Waals surface area contributed by atoms with Crippen LogP contribution in [0.15, 0.2) is 0 Å². The molecule has 1 heterocycles. The molecule has 0 amide bonds. The van der Waals surface area contributed by atoms with E-state index in [1.807, 2.05) is 13.8 Å². The fourth-order valence-electron chi connectivity index (χ4n) is 1.07. The molecular formula is C8H7N3Se2. The number of nitrogens with one attached hydrogen (secondary N) is 1. The average Bonchev–Trinajstić information content (AvgIpc) is 2.33. The fraction of sp³-hybridized carbons (Fsp3) is 0.250. The average molecular weight is 303 g/mol. The molecule has 1 aromatic rings. The first-order chi connectivity index (χ1) is 6.20. The van der Waals surface area contributed by atoms with Crippen LogP contribution in [0.3, 0.4) is 0 Å². The van der Waals surface area contributed by atoms with Gasteiger partial charge in [-0.25, -0.2) is 0 Å². The molecule has 66 valence electrons. The summed E-state index contributed by atoms with van der Waals surface area (Å²) in [5.41, 5.74) is 2.09. The fourth-order valence-corrected chi connectivity index (χ4v) is 4.25. The van der Waals surface area contributed by atoms with Crippen LogP contribution in [0.5, 0.6) is 0 Å². The molecule has 0 aliphatic rings. The zero-order chi connectivity index (χ0) is 9.84. The molecule has 5 heteroatoms. The summed E-state index contributed by atoms with van der Waals surface area (Å²) in [6.45, 7) is 3.91. The van der Waals surface area contributed by atoms with Crippen LogP contribution >= 0.6 is 0 Å². The van der Waals surface area contributed by atoms with Crippen molar-refractivity contribution in [2.24, 2.45) is 0 Å². The summed E-state index contributed by atoms with van der Waals surface area (Å²) in [5.74, 6) is 0. The van der Waals surface area contributed by atoms with Gasteiger partial charge < -0.3 is 0 Å². The van der Waals surface area contributed by atoms with Gasteiger partial charge in [0.15, 0.2) is 0 Å². The summed E-state index contributed by atoms with van der Waals surface area (Å²) in [6, 6.07) is 0. The van der Waals surface area contributed by atoms with Crippen molar-refractivity contribution in [2.45, 2.75) is 13.8 Å². The molecule has 0 unspecified atom stereocenters. The third-order valence-corrected chi connectivity index (χ3v) is 5.59. The molecular weight excluding hydrogens is 296 g/mol. The van der Waals surface area contributed by atoms with E-state index in [0.717, 1.165) is 20.3 Å². The van der Waals surface area contributed by atoms with E-state index in [0.29, 0.717) is 0 Å². The van der Waals surface area contributed by atoms with Gasteiger partial charge >= 0.3 is 89.5 Å².